The van der Waals surface area contributed by atoms with E-state index in [9.17, 15) is 9.59 Å². The fraction of sp³-hybridized carbons (Fsp3) is 0.148. The van der Waals surface area contributed by atoms with Crippen LogP contribution in [0.4, 0.5) is 10.5 Å². The first kappa shape index (κ1) is 23.0. The predicted octanol–water partition coefficient (Wildman–Crippen LogP) is 4.42. The van der Waals surface area contributed by atoms with Gasteiger partial charge in [0.1, 0.15) is 5.82 Å². The minimum atomic E-state index is -0.799. The molecule has 0 saturated carbocycles. The van der Waals surface area contributed by atoms with Crippen LogP contribution in [0, 0.1) is 6.92 Å². The van der Waals surface area contributed by atoms with E-state index in [1.165, 1.54) is 0 Å². The Morgan fingerprint density at radius 2 is 1.67 bits per heavy atom. The van der Waals surface area contributed by atoms with Crippen LogP contribution >= 0.6 is 0 Å². The molecule has 1 atom stereocenters. The Kier molecular flexibility index (Phi) is 6.27. The topological polar surface area (TPSA) is 110 Å². The third-order valence-electron chi connectivity index (χ3n) is 5.72. The largest absolute Gasteiger partial charge is 0.462 e. The first-order valence-corrected chi connectivity index (χ1v) is 11.5. The molecule has 1 unspecified atom stereocenters. The Bertz CT molecular complexity index is 1440. The minimum absolute atomic E-state index is 0.294. The monoisotopic (exact) mass is 480 g/mol. The Hall–Kier alpha value is -4.79. The molecule has 2 N–H and O–H groups in total. The van der Waals surface area contributed by atoms with Gasteiger partial charge in [0.15, 0.2) is 12.0 Å². The number of ether oxygens (including phenoxy) is 1. The number of hydrogen-bond donors (Lipinski definition) is 2. The maximum atomic E-state index is 13.0. The maximum Gasteiger partial charge on any atom is 0.338 e. The molecule has 5 rings (SSSR count). The summed E-state index contributed by atoms with van der Waals surface area (Å²) < 4.78 is 6.91. The quantitative estimate of drug-likeness (QED) is 0.411. The summed E-state index contributed by atoms with van der Waals surface area (Å²) in [6, 6.07) is 23.7. The molecule has 0 radical (unpaired) electrons. The molecule has 0 fully saturated rings. The van der Waals surface area contributed by atoms with Crippen LogP contribution in [0.5, 0.6) is 0 Å². The van der Waals surface area contributed by atoms with Crippen LogP contribution < -0.4 is 10.6 Å². The van der Waals surface area contributed by atoms with Crippen LogP contribution in [0.15, 0.2) is 83.9 Å². The zero-order valence-corrected chi connectivity index (χ0v) is 19.8. The number of fused-ring (bicyclic) bond motifs is 3. The van der Waals surface area contributed by atoms with Gasteiger partial charge in [-0.25, -0.2) is 9.59 Å². The summed E-state index contributed by atoms with van der Waals surface area (Å²) in [6.07, 6.45) is -0.799. The third-order valence-corrected chi connectivity index (χ3v) is 5.72. The Morgan fingerprint density at radius 3 is 2.42 bits per heavy atom. The van der Waals surface area contributed by atoms with Crippen molar-refractivity contribution in [3.05, 3.63) is 107 Å². The molecule has 0 saturated heterocycles. The van der Waals surface area contributed by atoms with Crippen LogP contribution in [0.3, 0.4) is 0 Å². The minimum Gasteiger partial charge on any atom is -0.462 e. The highest BCUT2D eigenvalue weighted by atomic mass is 16.5. The van der Waals surface area contributed by atoms with Crippen molar-refractivity contribution in [2.45, 2.75) is 20.0 Å². The van der Waals surface area contributed by atoms with E-state index >= 15 is 0 Å². The van der Waals surface area contributed by atoms with Gasteiger partial charge in [0.2, 0.25) is 0 Å². The number of urea groups is 1. The molecule has 0 spiro atoms. The number of aliphatic imine (C=N–C) groups is 1. The number of hydrogen-bond acceptors (Lipinski definition) is 6. The SMILES string of the molecule is CCOC(=O)c1ccc(NC(=O)NC2N=C(c3ccccc3)c3ccccc3-n3c(C)nnc32)cc1. The smallest absolute Gasteiger partial charge is 0.338 e. The number of anilines is 1. The number of amides is 2. The first-order chi connectivity index (χ1) is 17.5. The van der Waals surface area contributed by atoms with Gasteiger partial charge in [-0.05, 0) is 44.2 Å². The van der Waals surface area contributed by atoms with Crippen molar-refractivity contribution in [1.82, 2.24) is 20.1 Å². The number of rotatable bonds is 5. The second-order valence-corrected chi connectivity index (χ2v) is 8.10. The zero-order valence-electron chi connectivity index (χ0n) is 19.8. The molecule has 9 heteroatoms. The fourth-order valence-electron chi connectivity index (χ4n) is 4.10. The highest BCUT2D eigenvalue weighted by Gasteiger charge is 2.29. The van der Waals surface area contributed by atoms with Crippen molar-refractivity contribution in [2.24, 2.45) is 4.99 Å². The van der Waals surface area contributed by atoms with Crippen molar-refractivity contribution in [1.29, 1.82) is 0 Å². The number of nitrogens with one attached hydrogen (secondary N) is 2. The summed E-state index contributed by atoms with van der Waals surface area (Å²) in [5.74, 6) is 0.770. The molecule has 0 bridgehead atoms. The van der Waals surface area contributed by atoms with Crippen molar-refractivity contribution in [2.75, 3.05) is 11.9 Å². The molecule has 3 aromatic carbocycles. The van der Waals surface area contributed by atoms with Crippen molar-refractivity contribution in [3.8, 4) is 5.69 Å². The number of carbonyl (C=O) groups excluding carboxylic acids is 2. The summed E-state index contributed by atoms with van der Waals surface area (Å²) in [4.78, 5) is 29.8. The molecule has 2 amide bonds. The van der Waals surface area contributed by atoms with Crippen molar-refractivity contribution in [3.63, 3.8) is 0 Å². The molecule has 1 aliphatic heterocycles. The van der Waals surface area contributed by atoms with E-state index in [0.29, 0.717) is 29.5 Å². The number of nitrogens with zero attached hydrogens (tertiary/aromatic N) is 4. The van der Waals surface area contributed by atoms with Crippen LogP contribution in [0.1, 0.15) is 46.2 Å². The number of aryl methyl sites for hydroxylation is 1. The normalized spacial score (nSPS) is 14.1. The zero-order chi connectivity index (χ0) is 25.1. The molecule has 36 heavy (non-hydrogen) atoms. The highest BCUT2D eigenvalue weighted by molar-refractivity contribution is 6.15. The fourth-order valence-corrected chi connectivity index (χ4v) is 4.10. The van der Waals surface area contributed by atoms with E-state index in [0.717, 1.165) is 22.5 Å². The van der Waals surface area contributed by atoms with Gasteiger partial charge in [-0.15, -0.1) is 10.2 Å². The number of para-hydroxylation sites is 1. The Labute approximate surface area is 207 Å². The molecule has 0 aliphatic carbocycles. The van der Waals surface area contributed by atoms with Gasteiger partial charge in [0.05, 0.1) is 23.6 Å². The van der Waals surface area contributed by atoms with E-state index in [-0.39, 0.29) is 0 Å². The average Bonchev–Trinajstić information content (AvgIpc) is 3.22. The van der Waals surface area contributed by atoms with Crippen molar-refractivity contribution < 1.29 is 14.3 Å². The predicted molar refractivity (Wildman–Crippen MR) is 135 cm³/mol. The van der Waals surface area contributed by atoms with Gasteiger partial charge in [0.25, 0.3) is 0 Å². The number of carbonyl (C=O) groups is 2. The Balaban J connectivity index is 1.47. The summed E-state index contributed by atoms with van der Waals surface area (Å²) in [7, 11) is 0. The van der Waals surface area contributed by atoms with E-state index in [1.54, 1.807) is 31.2 Å². The van der Waals surface area contributed by atoms with Crippen LogP contribution in [0.2, 0.25) is 0 Å². The van der Waals surface area contributed by atoms with Gasteiger partial charge < -0.3 is 15.4 Å². The maximum absolute atomic E-state index is 13.0. The number of esters is 1. The lowest BCUT2D eigenvalue weighted by Crippen LogP contribution is -2.33. The molecular formula is C27H24N6O3. The molecular weight excluding hydrogens is 456 g/mol. The van der Waals surface area contributed by atoms with Gasteiger partial charge in [0, 0.05) is 16.8 Å². The average molecular weight is 481 g/mol. The Morgan fingerprint density at radius 1 is 0.944 bits per heavy atom. The summed E-state index contributed by atoms with van der Waals surface area (Å²) in [6.45, 7) is 3.91. The summed E-state index contributed by atoms with van der Waals surface area (Å²) in [5, 5.41) is 14.3. The molecule has 1 aromatic heterocycles. The summed E-state index contributed by atoms with van der Waals surface area (Å²) >= 11 is 0. The highest BCUT2D eigenvalue weighted by Crippen LogP contribution is 2.29. The third kappa shape index (κ3) is 4.46. The van der Waals surface area contributed by atoms with Gasteiger partial charge in [-0.2, -0.15) is 0 Å². The number of benzene rings is 3. The second-order valence-electron chi connectivity index (χ2n) is 8.10. The number of aromatic nitrogens is 3. The molecule has 180 valence electrons. The van der Waals surface area contributed by atoms with Gasteiger partial charge in [-0.1, -0.05) is 48.5 Å². The molecule has 1 aliphatic rings. The lowest BCUT2D eigenvalue weighted by Gasteiger charge is -2.15. The van der Waals surface area contributed by atoms with Crippen LogP contribution in [-0.4, -0.2) is 39.1 Å². The van der Waals surface area contributed by atoms with Crippen LogP contribution in [-0.2, 0) is 4.74 Å². The van der Waals surface area contributed by atoms with E-state index in [1.807, 2.05) is 66.1 Å². The first-order valence-electron chi connectivity index (χ1n) is 11.5. The standard InChI is InChI=1S/C27H24N6O3/c1-3-36-26(34)19-13-15-20(16-14-19)28-27(35)30-24-25-32-31-17(2)33(25)22-12-8-7-11-21(22)23(29-24)18-9-5-4-6-10-18/h4-16,24H,3H2,1-2H3,(H2,28,30,35). The van der Waals surface area contributed by atoms with E-state index in [4.69, 9.17) is 9.73 Å². The lowest BCUT2D eigenvalue weighted by molar-refractivity contribution is 0.0526. The molecule has 9 nitrogen and oxygen atoms in total. The van der Waals surface area contributed by atoms with Gasteiger partial charge >= 0.3 is 12.0 Å². The molecule has 2 heterocycles. The molecule has 4 aromatic rings. The lowest BCUT2D eigenvalue weighted by atomic mass is 10.0. The van der Waals surface area contributed by atoms with Gasteiger partial charge in [-0.3, -0.25) is 9.56 Å². The summed E-state index contributed by atoms with van der Waals surface area (Å²) in [5.41, 5.74) is 4.37. The second kappa shape index (κ2) is 9.83. The van der Waals surface area contributed by atoms with Crippen molar-refractivity contribution >= 4 is 23.4 Å². The van der Waals surface area contributed by atoms with E-state index in [2.05, 4.69) is 20.8 Å². The van der Waals surface area contributed by atoms with E-state index < -0.39 is 18.2 Å². The van der Waals surface area contributed by atoms with Crippen LogP contribution in [0.25, 0.3) is 5.69 Å².